The van der Waals surface area contributed by atoms with E-state index >= 15 is 0 Å². The van der Waals surface area contributed by atoms with Gasteiger partial charge in [0.2, 0.25) is 0 Å². The SMILES string of the molecule is CCc1nc(-c2ccc(Cl)cc2Cl)c(CC)nc1N[C@@H]1C(Cc2cccnc2)N(C(=O)O)C[C@@H]1OCCF. The van der Waals surface area contributed by atoms with E-state index in [0.717, 1.165) is 16.8 Å². The predicted octanol–water partition coefficient (Wildman–Crippen LogP) is 5.71. The summed E-state index contributed by atoms with van der Waals surface area (Å²) in [5.74, 6) is 0.542. The smallest absolute Gasteiger partial charge is 0.407 e. The van der Waals surface area contributed by atoms with Gasteiger partial charge in [-0.1, -0.05) is 43.1 Å². The van der Waals surface area contributed by atoms with Crippen LogP contribution in [0.1, 0.15) is 30.8 Å². The number of carbonyl (C=O) groups is 1. The Morgan fingerprint density at radius 2 is 2.00 bits per heavy atom. The highest BCUT2D eigenvalue weighted by atomic mass is 35.5. The number of nitrogens with zero attached hydrogens (tertiary/aromatic N) is 4. The number of ether oxygens (including phenoxy) is 1. The number of alkyl halides is 1. The van der Waals surface area contributed by atoms with E-state index in [1.54, 1.807) is 24.5 Å². The molecule has 3 atom stereocenters. The number of benzene rings is 1. The van der Waals surface area contributed by atoms with Gasteiger partial charge in [-0.25, -0.2) is 19.2 Å². The molecule has 1 aliphatic rings. The van der Waals surface area contributed by atoms with Crippen molar-refractivity contribution in [3.05, 3.63) is 69.7 Å². The van der Waals surface area contributed by atoms with Crippen molar-refractivity contribution in [1.29, 1.82) is 0 Å². The van der Waals surface area contributed by atoms with Crippen molar-refractivity contribution in [3.63, 3.8) is 0 Å². The van der Waals surface area contributed by atoms with E-state index in [-0.39, 0.29) is 13.2 Å². The molecule has 2 aromatic heterocycles. The van der Waals surface area contributed by atoms with E-state index in [4.69, 9.17) is 37.9 Å². The average molecular weight is 562 g/mol. The summed E-state index contributed by atoms with van der Waals surface area (Å²) in [4.78, 5) is 27.6. The maximum atomic E-state index is 13.1. The highest BCUT2D eigenvalue weighted by Gasteiger charge is 2.45. The standard InChI is InChI=1S/C27H30Cl2FN5O3/c1-3-20-24(18-8-7-17(28)13-19(18)29)32-21(4-2)26(33-20)34-25-22(12-16-6-5-10-31-14-16)35(27(36)37)15-23(25)38-11-9-30/h5-8,10,13-14,22-23,25H,3-4,9,11-12,15H2,1-2H3,(H,33,34)(H,36,37)/t22?,23-,25+/m0/s1. The molecule has 1 saturated heterocycles. The van der Waals surface area contributed by atoms with Crippen LogP contribution in [0.2, 0.25) is 10.0 Å². The number of aromatic nitrogens is 3. The molecule has 38 heavy (non-hydrogen) atoms. The summed E-state index contributed by atoms with van der Waals surface area (Å²) in [6.07, 6.45) is 3.29. The molecule has 202 valence electrons. The van der Waals surface area contributed by atoms with Crippen LogP contribution in [0.3, 0.4) is 0 Å². The number of amides is 1. The minimum atomic E-state index is -1.07. The molecule has 3 aromatic rings. The van der Waals surface area contributed by atoms with Crippen LogP contribution in [-0.2, 0) is 24.0 Å². The van der Waals surface area contributed by atoms with E-state index in [1.165, 1.54) is 4.90 Å². The Kier molecular flexibility index (Phi) is 9.35. The Bertz CT molecular complexity index is 1270. The first-order chi connectivity index (χ1) is 18.4. The molecular weight excluding hydrogens is 532 g/mol. The number of anilines is 1. The average Bonchev–Trinajstić information content (AvgIpc) is 3.24. The molecule has 2 N–H and O–H groups in total. The van der Waals surface area contributed by atoms with Crippen molar-refractivity contribution in [1.82, 2.24) is 19.9 Å². The van der Waals surface area contributed by atoms with Gasteiger partial charge in [0.05, 0.1) is 53.4 Å². The second kappa shape index (κ2) is 12.7. The second-order valence-corrected chi connectivity index (χ2v) is 9.83. The van der Waals surface area contributed by atoms with E-state index in [0.29, 0.717) is 46.5 Å². The van der Waals surface area contributed by atoms with Crippen molar-refractivity contribution in [2.45, 2.75) is 51.3 Å². The summed E-state index contributed by atoms with van der Waals surface area (Å²) in [7, 11) is 0. The second-order valence-electron chi connectivity index (χ2n) is 8.98. The number of hydrogen-bond donors (Lipinski definition) is 2. The summed E-state index contributed by atoms with van der Waals surface area (Å²) in [6.45, 7) is 3.26. The number of pyridine rings is 1. The molecule has 0 radical (unpaired) electrons. The monoisotopic (exact) mass is 561 g/mol. The Hall–Kier alpha value is -3.01. The lowest BCUT2D eigenvalue weighted by Gasteiger charge is -2.29. The van der Waals surface area contributed by atoms with Gasteiger partial charge in [-0.2, -0.15) is 0 Å². The number of likely N-dealkylation sites (tertiary alicyclic amines) is 1. The summed E-state index contributed by atoms with van der Waals surface area (Å²) < 4.78 is 18.9. The zero-order valence-corrected chi connectivity index (χ0v) is 22.7. The van der Waals surface area contributed by atoms with E-state index in [2.05, 4.69) is 10.3 Å². The van der Waals surface area contributed by atoms with Crippen molar-refractivity contribution in [2.24, 2.45) is 0 Å². The number of carboxylic acid groups (broad SMARTS) is 1. The summed E-state index contributed by atoms with van der Waals surface area (Å²) in [6, 6.07) is 7.98. The van der Waals surface area contributed by atoms with Crippen LogP contribution >= 0.6 is 23.2 Å². The number of aryl methyl sites for hydroxylation is 2. The molecule has 3 heterocycles. The first-order valence-electron chi connectivity index (χ1n) is 12.5. The zero-order chi connectivity index (χ0) is 27.2. The highest BCUT2D eigenvalue weighted by molar-refractivity contribution is 6.36. The van der Waals surface area contributed by atoms with Crippen molar-refractivity contribution in [2.75, 3.05) is 25.1 Å². The molecule has 1 amide bonds. The third-order valence-corrected chi connectivity index (χ3v) is 7.16. The van der Waals surface area contributed by atoms with Gasteiger partial charge in [-0.3, -0.25) is 4.98 Å². The molecular formula is C27H30Cl2FN5O3. The van der Waals surface area contributed by atoms with Gasteiger partial charge in [0, 0.05) is 23.0 Å². The summed E-state index contributed by atoms with van der Waals surface area (Å²) in [5, 5.41) is 14.4. The lowest BCUT2D eigenvalue weighted by Crippen LogP contribution is -2.45. The minimum absolute atomic E-state index is 0.103. The maximum Gasteiger partial charge on any atom is 0.407 e. The topological polar surface area (TPSA) is 100 Å². The molecule has 0 spiro atoms. The van der Waals surface area contributed by atoms with E-state index in [1.807, 2.05) is 32.0 Å². The third-order valence-electron chi connectivity index (χ3n) is 6.61. The van der Waals surface area contributed by atoms with Gasteiger partial charge in [-0.15, -0.1) is 0 Å². The highest BCUT2D eigenvalue weighted by Crippen LogP contribution is 2.34. The predicted molar refractivity (Wildman–Crippen MR) is 146 cm³/mol. The lowest BCUT2D eigenvalue weighted by atomic mass is 9.99. The van der Waals surface area contributed by atoms with Gasteiger partial charge in [0.1, 0.15) is 12.5 Å². The molecule has 1 aliphatic heterocycles. The van der Waals surface area contributed by atoms with Crippen LogP contribution in [0.15, 0.2) is 42.7 Å². The van der Waals surface area contributed by atoms with Crippen LogP contribution in [0, 0.1) is 0 Å². The fourth-order valence-electron chi connectivity index (χ4n) is 4.81. The van der Waals surface area contributed by atoms with E-state index < -0.39 is 31.0 Å². The van der Waals surface area contributed by atoms with Crippen LogP contribution < -0.4 is 5.32 Å². The fourth-order valence-corrected chi connectivity index (χ4v) is 5.31. The van der Waals surface area contributed by atoms with Crippen LogP contribution in [0.4, 0.5) is 15.0 Å². The molecule has 4 rings (SSSR count). The Labute approximate surface area is 231 Å². The molecule has 0 bridgehead atoms. The molecule has 11 heteroatoms. The lowest BCUT2D eigenvalue weighted by molar-refractivity contribution is 0.0450. The summed E-state index contributed by atoms with van der Waals surface area (Å²) in [5.41, 5.74) is 3.71. The number of halogens is 3. The zero-order valence-electron chi connectivity index (χ0n) is 21.2. The Morgan fingerprint density at radius 1 is 1.21 bits per heavy atom. The molecule has 0 aliphatic carbocycles. The van der Waals surface area contributed by atoms with Crippen molar-refractivity contribution >= 4 is 35.1 Å². The van der Waals surface area contributed by atoms with Gasteiger partial charge in [-0.05, 0) is 49.1 Å². The van der Waals surface area contributed by atoms with Crippen molar-refractivity contribution in [3.8, 4) is 11.3 Å². The van der Waals surface area contributed by atoms with Crippen LogP contribution in [0.5, 0.6) is 0 Å². The van der Waals surface area contributed by atoms with Gasteiger partial charge >= 0.3 is 6.09 Å². The van der Waals surface area contributed by atoms with Crippen LogP contribution in [0.25, 0.3) is 11.3 Å². The third kappa shape index (κ3) is 6.17. The van der Waals surface area contributed by atoms with Crippen molar-refractivity contribution < 1.29 is 19.0 Å². The summed E-state index contributed by atoms with van der Waals surface area (Å²) >= 11 is 12.6. The molecule has 1 fully saturated rings. The normalized spacial score (nSPS) is 19.1. The number of rotatable bonds is 10. The fraction of sp³-hybridized carbons (Fsp3) is 0.407. The molecule has 1 unspecified atom stereocenters. The van der Waals surface area contributed by atoms with Gasteiger partial charge in [0.15, 0.2) is 0 Å². The first kappa shape index (κ1) is 28.0. The number of nitrogens with one attached hydrogen (secondary N) is 1. The van der Waals surface area contributed by atoms with Gasteiger partial charge < -0.3 is 20.1 Å². The molecule has 8 nitrogen and oxygen atoms in total. The van der Waals surface area contributed by atoms with E-state index in [9.17, 15) is 14.3 Å². The minimum Gasteiger partial charge on any atom is -0.465 e. The largest absolute Gasteiger partial charge is 0.465 e. The Morgan fingerprint density at radius 3 is 2.63 bits per heavy atom. The molecule has 1 aromatic carbocycles. The first-order valence-corrected chi connectivity index (χ1v) is 13.3. The quantitative estimate of drug-likeness (QED) is 0.327. The Balaban J connectivity index is 1.74. The molecule has 0 saturated carbocycles. The van der Waals surface area contributed by atoms with Gasteiger partial charge in [0.25, 0.3) is 0 Å². The number of hydrogen-bond acceptors (Lipinski definition) is 6. The maximum absolute atomic E-state index is 13.1. The van der Waals surface area contributed by atoms with Crippen LogP contribution in [-0.4, -0.2) is 69.1 Å².